The first-order chi connectivity index (χ1) is 18.4. The summed E-state index contributed by atoms with van der Waals surface area (Å²) >= 11 is 1.44. The van der Waals surface area contributed by atoms with Crippen LogP contribution in [0, 0.1) is 0 Å². The van der Waals surface area contributed by atoms with Crippen LogP contribution in [0.4, 0.5) is 24.7 Å². The van der Waals surface area contributed by atoms with Crippen LogP contribution < -0.4 is 10.6 Å². The van der Waals surface area contributed by atoms with E-state index in [2.05, 4.69) is 20.6 Å². The van der Waals surface area contributed by atoms with Crippen LogP contribution in [0.25, 0.3) is 11.3 Å². The van der Waals surface area contributed by atoms with E-state index in [4.69, 9.17) is 0 Å². The van der Waals surface area contributed by atoms with E-state index in [1.165, 1.54) is 36.0 Å². The molecule has 4 rings (SSSR count). The van der Waals surface area contributed by atoms with Gasteiger partial charge in [-0.2, -0.15) is 13.2 Å². The number of halogens is 3. The smallest absolute Gasteiger partial charge is 0.357 e. The molecule has 0 fully saturated rings. The Hall–Kier alpha value is -3.90. The lowest BCUT2D eigenvalue weighted by Crippen LogP contribution is -2.14. The molecule has 202 valence electrons. The molecular weight excluding hydrogens is 549 g/mol. The van der Waals surface area contributed by atoms with Crippen molar-refractivity contribution in [3.63, 3.8) is 0 Å². The molecule has 1 aromatic heterocycles. The molecule has 4 aromatic rings. The zero-order chi connectivity index (χ0) is 28.2. The van der Waals surface area contributed by atoms with E-state index in [1.807, 2.05) is 13.0 Å². The first kappa shape index (κ1) is 28.1. The van der Waals surface area contributed by atoms with E-state index in [-0.39, 0.29) is 15.8 Å². The molecular formula is C27H23F3N4O3S2. The number of carbonyl (C=O) groups is 1. The van der Waals surface area contributed by atoms with Gasteiger partial charge in [-0.15, -0.1) is 11.8 Å². The molecule has 0 spiro atoms. The number of aromatic nitrogens is 2. The topological polar surface area (TPSA) is 101 Å². The summed E-state index contributed by atoms with van der Waals surface area (Å²) in [6.07, 6.45) is -0.250. The van der Waals surface area contributed by atoms with Gasteiger partial charge in [-0.1, -0.05) is 24.3 Å². The standard InChI is InChI=1S/C27H23F3N4O3S2/c1-17(32-25-16-31-15-24(34-25)18-9-11-23(12-10-18)39(2,36)37)38-22-8-4-7-21(14-22)33-26(35)19-5-3-6-20(13-19)27(28,29)30/h3-17H,1-2H3,(H,32,34)(H,33,35)/t17-/m1/s1. The van der Waals surface area contributed by atoms with Gasteiger partial charge in [0.25, 0.3) is 5.91 Å². The Morgan fingerprint density at radius 1 is 0.974 bits per heavy atom. The molecule has 39 heavy (non-hydrogen) atoms. The van der Waals surface area contributed by atoms with Crippen molar-refractivity contribution in [2.24, 2.45) is 0 Å². The first-order valence-electron chi connectivity index (χ1n) is 11.5. The molecule has 1 atom stereocenters. The van der Waals surface area contributed by atoms with Gasteiger partial charge in [-0.25, -0.2) is 13.4 Å². The Morgan fingerprint density at radius 3 is 2.38 bits per heavy atom. The summed E-state index contributed by atoms with van der Waals surface area (Å²) in [6.45, 7) is 1.91. The number of benzene rings is 3. The molecule has 0 aliphatic rings. The molecule has 0 unspecified atom stereocenters. The maximum atomic E-state index is 13.0. The van der Waals surface area contributed by atoms with Gasteiger partial charge in [0.05, 0.1) is 33.9 Å². The number of sulfone groups is 1. The number of nitrogens with one attached hydrogen (secondary N) is 2. The van der Waals surface area contributed by atoms with Crippen LogP contribution in [0.2, 0.25) is 0 Å². The van der Waals surface area contributed by atoms with Crippen LogP contribution in [0.5, 0.6) is 0 Å². The quantitative estimate of drug-likeness (QED) is 0.187. The van der Waals surface area contributed by atoms with E-state index in [9.17, 15) is 26.4 Å². The van der Waals surface area contributed by atoms with Gasteiger partial charge in [-0.05, 0) is 55.5 Å². The second-order valence-electron chi connectivity index (χ2n) is 8.55. The summed E-state index contributed by atoms with van der Waals surface area (Å²) in [5.41, 5.74) is 0.730. The highest BCUT2D eigenvalue weighted by Gasteiger charge is 2.30. The average molecular weight is 573 g/mol. The van der Waals surface area contributed by atoms with Gasteiger partial charge >= 0.3 is 6.18 Å². The number of hydrogen-bond donors (Lipinski definition) is 2. The number of nitrogens with zero attached hydrogens (tertiary/aromatic N) is 2. The van der Waals surface area contributed by atoms with Crippen LogP contribution in [-0.4, -0.2) is 35.9 Å². The predicted molar refractivity (Wildman–Crippen MR) is 145 cm³/mol. The minimum atomic E-state index is -4.54. The molecule has 0 saturated carbocycles. The largest absolute Gasteiger partial charge is 0.416 e. The Bertz CT molecular complexity index is 1590. The highest BCUT2D eigenvalue weighted by molar-refractivity contribution is 8.00. The predicted octanol–water partition coefficient (Wildman–Crippen LogP) is 6.37. The van der Waals surface area contributed by atoms with E-state index in [0.29, 0.717) is 22.8 Å². The van der Waals surface area contributed by atoms with Crippen molar-refractivity contribution in [2.45, 2.75) is 28.3 Å². The summed E-state index contributed by atoms with van der Waals surface area (Å²) in [7, 11) is -3.30. The van der Waals surface area contributed by atoms with Crippen molar-refractivity contribution in [1.29, 1.82) is 0 Å². The number of rotatable bonds is 8. The second kappa shape index (κ2) is 11.5. The maximum absolute atomic E-state index is 13.0. The molecule has 3 aromatic carbocycles. The number of hydrogen-bond acceptors (Lipinski definition) is 7. The van der Waals surface area contributed by atoms with Crippen molar-refractivity contribution in [1.82, 2.24) is 9.97 Å². The van der Waals surface area contributed by atoms with E-state index < -0.39 is 27.5 Å². The number of alkyl halides is 3. The molecule has 0 aliphatic heterocycles. The minimum absolute atomic E-state index is 0.0951. The third-order valence-corrected chi connectivity index (χ3v) is 7.55. The normalized spacial score (nSPS) is 12.5. The van der Waals surface area contributed by atoms with Crippen LogP contribution in [0.15, 0.2) is 95.0 Å². The summed E-state index contributed by atoms with van der Waals surface area (Å²) in [4.78, 5) is 22.3. The molecule has 0 bridgehead atoms. The molecule has 0 radical (unpaired) electrons. The van der Waals surface area contributed by atoms with Crippen molar-refractivity contribution in [3.8, 4) is 11.3 Å². The van der Waals surface area contributed by atoms with Crippen LogP contribution in [0.1, 0.15) is 22.8 Å². The monoisotopic (exact) mass is 572 g/mol. The molecule has 7 nitrogen and oxygen atoms in total. The zero-order valence-corrected chi connectivity index (χ0v) is 22.4. The molecule has 0 saturated heterocycles. The van der Waals surface area contributed by atoms with Gasteiger partial charge in [0, 0.05) is 28.0 Å². The Balaban J connectivity index is 1.40. The minimum Gasteiger partial charge on any atom is -0.357 e. The first-order valence-corrected chi connectivity index (χ1v) is 14.3. The third kappa shape index (κ3) is 7.58. The van der Waals surface area contributed by atoms with Crippen molar-refractivity contribution in [3.05, 3.63) is 96.3 Å². The number of carbonyl (C=O) groups excluding carboxylic acids is 1. The van der Waals surface area contributed by atoms with Crippen molar-refractivity contribution >= 4 is 39.0 Å². The lowest BCUT2D eigenvalue weighted by molar-refractivity contribution is -0.137. The Morgan fingerprint density at radius 2 is 1.69 bits per heavy atom. The Kier molecular flexibility index (Phi) is 8.26. The van der Waals surface area contributed by atoms with Gasteiger partial charge in [0.2, 0.25) is 0 Å². The maximum Gasteiger partial charge on any atom is 0.416 e. The second-order valence-corrected chi connectivity index (χ2v) is 12.0. The summed E-state index contributed by atoms with van der Waals surface area (Å²) < 4.78 is 62.3. The van der Waals surface area contributed by atoms with Crippen LogP contribution >= 0.6 is 11.8 Å². The highest BCUT2D eigenvalue weighted by Crippen LogP contribution is 2.30. The molecule has 1 heterocycles. The lowest BCUT2D eigenvalue weighted by atomic mass is 10.1. The third-order valence-electron chi connectivity index (χ3n) is 5.42. The van der Waals surface area contributed by atoms with Gasteiger partial charge < -0.3 is 10.6 Å². The summed E-state index contributed by atoms with van der Waals surface area (Å²) in [5, 5.41) is 5.71. The molecule has 1 amide bonds. The van der Waals surface area contributed by atoms with Gasteiger partial charge in [-0.3, -0.25) is 9.78 Å². The zero-order valence-electron chi connectivity index (χ0n) is 20.7. The van der Waals surface area contributed by atoms with Gasteiger partial charge in [0.15, 0.2) is 9.84 Å². The lowest BCUT2D eigenvalue weighted by Gasteiger charge is -2.15. The van der Waals surface area contributed by atoms with Crippen molar-refractivity contribution in [2.75, 3.05) is 16.9 Å². The van der Waals surface area contributed by atoms with E-state index in [0.717, 1.165) is 23.3 Å². The fourth-order valence-corrected chi connectivity index (χ4v) is 5.15. The highest BCUT2D eigenvalue weighted by atomic mass is 32.2. The number of thioether (sulfide) groups is 1. The Labute approximate surface area is 227 Å². The molecule has 2 N–H and O–H groups in total. The average Bonchev–Trinajstić information content (AvgIpc) is 2.88. The fourth-order valence-electron chi connectivity index (χ4n) is 3.58. The van der Waals surface area contributed by atoms with Gasteiger partial charge in [0.1, 0.15) is 5.82 Å². The SMILES string of the molecule is C[C@H](Nc1cncc(-c2ccc(S(C)(=O)=O)cc2)n1)Sc1cccc(NC(=O)c2cccc(C(F)(F)F)c2)c1. The van der Waals surface area contributed by atoms with E-state index >= 15 is 0 Å². The fraction of sp³-hybridized carbons (Fsp3) is 0.148. The van der Waals surface area contributed by atoms with E-state index in [1.54, 1.807) is 42.7 Å². The summed E-state index contributed by atoms with van der Waals surface area (Å²) in [5.74, 6) is -0.139. The number of amides is 1. The van der Waals surface area contributed by atoms with Crippen LogP contribution in [0.3, 0.4) is 0 Å². The van der Waals surface area contributed by atoms with Crippen molar-refractivity contribution < 1.29 is 26.4 Å². The van der Waals surface area contributed by atoms with Crippen LogP contribution in [-0.2, 0) is 16.0 Å². The molecule has 12 heteroatoms. The number of anilines is 2. The summed E-state index contributed by atoms with van der Waals surface area (Å²) in [6, 6.07) is 17.6. The molecule has 0 aliphatic carbocycles.